The third kappa shape index (κ3) is 3.09. The number of carboxylic acid groups (broad SMARTS) is 1. The van der Waals surface area contributed by atoms with Gasteiger partial charge in [0.05, 0.1) is 12.1 Å². The van der Waals surface area contributed by atoms with E-state index < -0.39 is 5.97 Å². The standard InChI is InChI=1S/C12H18N2O4/c1-5-14(7(2)6-10(15)16)12(17)11-8(3)13-9(4)18-11/h7H,5-6H2,1-4H3,(H,15,16). The highest BCUT2D eigenvalue weighted by Crippen LogP contribution is 2.15. The topological polar surface area (TPSA) is 83.6 Å². The maximum absolute atomic E-state index is 12.2. The number of rotatable bonds is 5. The molecule has 0 aliphatic heterocycles. The first-order valence-corrected chi connectivity index (χ1v) is 5.83. The third-order valence-electron chi connectivity index (χ3n) is 2.70. The minimum atomic E-state index is -0.931. The Labute approximate surface area is 106 Å². The van der Waals surface area contributed by atoms with Crippen LogP contribution in [0.15, 0.2) is 4.42 Å². The summed E-state index contributed by atoms with van der Waals surface area (Å²) in [6.45, 7) is 7.29. The van der Waals surface area contributed by atoms with Crippen LogP contribution in [0.2, 0.25) is 0 Å². The Balaban J connectivity index is 2.92. The molecule has 1 atom stereocenters. The van der Waals surface area contributed by atoms with Gasteiger partial charge in [-0.1, -0.05) is 0 Å². The molecule has 0 saturated heterocycles. The molecule has 18 heavy (non-hydrogen) atoms. The molecule has 1 rings (SSSR count). The van der Waals surface area contributed by atoms with Gasteiger partial charge in [0.15, 0.2) is 5.89 Å². The number of carbonyl (C=O) groups is 2. The number of carbonyl (C=O) groups excluding carboxylic acids is 1. The van der Waals surface area contributed by atoms with Crippen LogP contribution in [-0.2, 0) is 4.79 Å². The number of hydrogen-bond acceptors (Lipinski definition) is 4. The summed E-state index contributed by atoms with van der Waals surface area (Å²) in [5, 5.41) is 8.77. The van der Waals surface area contributed by atoms with Gasteiger partial charge in [-0.25, -0.2) is 4.98 Å². The molecule has 0 bridgehead atoms. The number of aromatic nitrogens is 1. The fourth-order valence-electron chi connectivity index (χ4n) is 1.88. The fraction of sp³-hybridized carbons (Fsp3) is 0.583. The van der Waals surface area contributed by atoms with Crippen LogP contribution < -0.4 is 0 Å². The van der Waals surface area contributed by atoms with E-state index in [-0.39, 0.29) is 24.1 Å². The summed E-state index contributed by atoms with van der Waals surface area (Å²) in [6.07, 6.45) is -0.0915. The highest BCUT2D eigenvalue weighted by atomic mass is 16.4. The lowest BCUT2D eigenvalue weighted by atomic mass is 10.2. The molecule has 6 heteroatoms. The maximum atomic E-state index is 12.2. The predicted octanol–water partition coefficient (Wildman–Crippen LogP) is 1.62. The van der Waals surface area contributed by atoms with Gasteiger partial charge in [-0.15, -0.1) is 0 Å². The molecular weight excluding hydrogens is 236 g/mol. The fourth-order valence-corrected chi connectivity index (χ4v) is 1.88. The van der Waals surface area contributed by atoms with Crippen molar-refractivity contribution in [3.63, 3.8) is 0 Å². The summed E-state index contributed by atoms with van der Waals surface area (Å²) in [5.41, 5.74) is 0.526. The molecule has 0 aromatic carbocycles. The highest BCUT2D eigenvalue weighted by Gasteiger charge is 2.26. The van der Waals surface area contributed by atoms with Crippen LogP contribution in [0, 0.1) is 13.8 Å². The minimum absolute atomic E-state index is 0.0915. The van der Waals surface area contributed by atoms with Crippen LogP contribution in [0.4, 0.5) is 0 Å². The van der Waals surface area contributed by atoms with Crippen LogP contribution in [0.1, 0.15) is 42.4 Å². The van der Waals surface area contributed by atoms with Gasteiger partial charge >= 0.3 is 5.97 Å². The van der Waals surface area contributed by atoms with Crippen LogP contribution in [0.5, 0.6) is 0 Å². The monoisotopic (exact) mass is 254 g/mol. The molecule has 0 spiro atoms. The minimum Gasteiger partial charge on any atom is -0.481 e. The average Bonchev–Trinajstić information content (AvgIpc) is 2.57. The van der Waals surface area contributed by atoms with Crippen molar-refractivity contribution in [3.05, 3.63) is 17.3 Å². The van der Waals surface area contributed by atoms with E-state index >= 15 is 0 Å². The van der Waals surface area contributed by atoms with Crippen molar-refractivity contribution >= 4 is 11.9 Å². The lowest BCUT2D eigenvalue weighted by Crippen LogP contribution is -2.39. The van der Waals surface area contributed by atoms with E-state index in [1.807, 2.05) is 0 Å². The number of nitrogens with zero attached hydrogens (tertiary/aromatic N) is 2. The molecule has 0 saturated carbocycles. The largest absolute Gasteiger partial charge is 0.481 e. The molecule has 100 valence electrons. The smallest absolute Gasteiger partial charge is 0.305 e. The van der Waals surface area contributed by atoms with Crippen molar-refractivity contribution in [2.45, 2.75) is 40.2 Å². The second kappa shape index (κ2) is 5.66. The first kappa shape index (κ1) is 14.2. The Morgan fingerprint density at radius 2 is 2.06 bits per heavy atom. The molecular formula is C12H18N2O4. The van der Waals surface area contributed by atoms with E-state index in [1.54, 1.807) is 27.7 Å². The van der Waals surface area contributed by atoms with Crippen molar-refractivity contribution in [1.82, 2.24) is 9.88 Å². The van der Waals surface area contributed by atoms with Crippen LogP contribution in [-0.4, -0.2) is 39.5 Å². The van der Waals surface area contributed by atoms with Crippen molar-refractivity contribution < 1.29 is 19.1 Å². The Bertz CT molecular complexity index is 453. The molecule has 1 aromatic rings. The van der Waals surface area contributed by atoms with Gasteiger partial charge in [-0.05, 0) is 20.8 Å². The van der Waals surface area contributed by atoms with Gasteiger partial charge in [-0.3, -0.25) is 9.59 Å². The molecule has 0 fully saturated rings. The van der Waals surface area contributed by atoms with Crippen molar-refractivity contribution in [3.8, 4) is 0 Å². The Kier molecular flexibility index (Phi) is 4.47. The molecule has 1 aromatic heterocycles. The van der Waals surface area contributed by atoms with Crippen LogP contribution in [0.25, 0.3) is 0 Å². The molecule has 1 heterocycles. The van der Waals surface area contributed by atoms with E-state index in [0.717, 1.165) is 0 Å². The maximum Gasteiger partial charge on any atom is 0.305 e. The van der Waals surface area contributed by atoms with Gasteiger partial charge < -0.3 is 14.4 Å². The zero-order valence-corrected chi connectivity index (χ0v) is 11.1. The Morgan fingerprint density at radius 3 is 2.44 bits per heavy atom. The second-order valence-corrected chi connectivity index (χ2v) is 4.19. The zero-order chi connectivity index (χ0) is 13.9. The third-order valence-corrected chi connectivity index (χ3v) is 2.70. The number of carboxylic acids is 1. The highest BCUT2D eigenvalue weighted by molar-refractivity contribution is 5.92. The molecule has 1 amide bonds. The summed E-state index contributed by atoms with van der Waals surface area (Å²) in [5.74, 6) is -0.632. The summed E-state index contributed by atoms with van der Waals surface area (Å²) in [6, 6.07) is -0.384. The lowest BCUT2D eigenvalue weighted by Gasteiger charge is -2.26. The number of aryl methyl sites for hydroxylation is 2. The van der Waals surface area contributed by atoms with Crippen LogP contribution >= 0.6 is 0 Å². The zero-order valence-electron chi connectivity index (χ0n) is 11.1. The second-order valence-electron chi connectivity index (χ2n) is 4.19. The molecule has 1 unspecified atom stereocenters. The lowest BCUT2D eigenvalue weighted by molar-refractivity contribution is -0.138. The van der Waals surface area contributed by atoms with Gasteiger partial charge in [0, 0.05) is 19.5 Å². The van der Waals surface area contributed by atoms with E-state index in [9.17, 15) is 9.59 Å². The SMILES string of the molecule is CCN(C(=O)c1oc(C)nc1C)C(C)CC(=O)O. The quantitative estimate of drug-likeness (QED) is 0.863. The van der Waals surface area contributed by atoms with Crippen molar-refractivity contribution in [1.29, 1.82) is 0 Å². The van der Waals surface area contributed by atoms with Crippen molar-refractivity contribution in [2.24, 2.45) is 0 Å². The average molecular weight is 254 g/mol. The normalized spacial score (nSPS) is 12.2. The Hall–Kier alpha value is -1.85. The molecule has 0 radical (unpaired) electrons. The summed E-state index contributed by atoms with van der Waals surface area (Å²) in [4.78, 5) is 28.4. The van der Waals surface area contributed by atoms with E-state index in [0.29, 0.717) is 18.1 Å². The van der Waals surface area contributed by atoms with Gasteiger partial charge in [-0.2, -0.15) is 0 Å². The Morgan fingerprint density at radius 1 is 1.44 bits per heavy atom. The predicted molar refractivity (Wildman–Crippen MR) is 64.4 cm³/mol. The molecule has 0 aliphatic carbocycles. The number of oxazole rings is 1. The molecule has 0 aliphatic rings. The number of hydrogen-bond donors (Lipinski definition) is 1. The van der Waals surface area contributed by atoms with Crippen molar-refractivity contribution in [2.75, 3.05) is 6.54 Å². The molecule has 6 nitrogen and oxygen atoms in total. The van der Waals surface area contributed by atoms with Gasteiger partial charge in [0.25, 0.3) is 5.91 Å². The van der Waals surface area contributed by atoms with E-state index in [1.165, 1.54) is 4.90 Å². The van der Waals surface area contributed by atoms with E-state index in [4.69, 9.17) is 9.52 Å². The number of amides is 1. The summed E-state index contributed by atoms with van der Waals surface area (Å²) >= 11 is 0. The van der Waals surface area contributed by atoms with E-state index in [2.05, 4.69) is 4.98 Å². The van der Waals surface area contributed by atoms with Gasteiger partial charge in [0.1, 0.15) is 0 Å². The number of aliphatic carboxylic acids is 1. The summed E-state index contributed by atoms with van der Waals surface area (Å²) in [7, 11) is 0. The summed E-state index contributed by atoms with van der Waals surface area (Å²) < 4.78 is 5.26. The first-order chi connectivity index (χ1) is 8.36. The van der Waals surface area contributed by atoms with Gasteiger partial charge in [0.2, 0.25) is 5.76 Å². The first-order valence-electron chi connectivity index (χ1n) is 5.83. The van der Waals surface area contributed by atoms with Crippen LogP contribution in [0.3, 0.4) is 0 Å². The molecule has 1 N–H and O–H groups in total.